The Balaban J connectivity index is 1.71. The summed E-state index contributed by atoms with van der Waals surface area (Å²) < 4.78 is 5.34. The van der Waals surface area contributed by atoms with Crippen LogP contribution in [0.25, 0.3) is 16.7 Å². The second kappa shape index (κ2) is 8.43. The number of Topliss-reactive ketones (excluding diaryl/α,β-unsaturated/α-hetero) is 1. The van der Waals surface area contributed by atoms with Gasteiger partial charge in [0, 0.05) is 34.3 Å². The average molecular weight is 445 g/mol. The lowest BCUT2D eigenvalue weighted by Crippen LogP contribution is -2.40. The number of ketones is 1. The van der Waals surface area contributed by atoms with Crippen LogP contribution in [0.4, 0.5) is 0 Å². The fraction of sp³-hybridized carbons (Fsp3) is 0.333. The summed E-state index contributed by atoms with van der Waals surface area (Å²) >= 11 is 0. The predicted molar refractivity (Wildman–Crippen MR) is 127 cm³/mol. The highest BCUT2D eigenvalue weighted by atomic mass is 16.5. The number of ether oxygens (including phenoxy) is 1. The Labute approximate surface area is 192 Å². The number of fused-ring (bicyclic) bond motifs is 1. The number of aliphatic hydroxyl groups excluding tert-OH is 1. The zero-order chi connectivity index (χ0) is 23.1. The lowest BCUT2D eigenvalue weighted by molar-refractivity contribution is -0.141. The number of hydrogen-bond acceptors (Lipinski definition) is 4. The first kappa shape index (κ1) is 21.3. The molecule has 1 amide bonds. The number of hydrogen-bond donors (Lipinski definition) is 2. The van der Waals surface area contributed by atoms with Gasteiger partial charge in [-0.1, -0.05) is 37.5 Å². The fourth-order valence-corrected chi connectivity index (χ4v) is 5.39. The van der Waals surface area contributed by atoms with Gasteiger partial charge in [0.15, 0.2) is 0 Å². The molecule has 2 fully saturated rings. The lowest BCUT2D eigenvalue weighted by atomic mass is 9.90. The van der Waals surface area contributed by atoms with Crippen molar-refractivity contribution in [2.45, 2.75) is 51.1 Å². The summed E-state index contributed by atoms with van der Waals surface area (Å²) in [7, 11) is 1.59. The summed E-state index contributed by atoms with van der Waals surface area (Å²) in [5.74, 6) is -0.596. The van der Waals surface area contributed by atoms with E-state index in [9.17, 15) is 14.7 Å². The molecule has 3 aromatic rings. The van der Waals surface area contributed by atoms with Gasteiger partial charge in [0.1, 0.15) is 11.5 Å². The summed E-state index contributed by atoms with van der Waals surface area (Å²) in [6.07, 6.45) is 6.81. The number of carbonyl (C=O) groups is 2. The van der Waals surface area contributed by atoms with Gasteiger partial charge >= 0.3 is 0 Å². The van der Waals surface area contributed by atoms with Crippen LogP contribution in [0, 0.1) is 6.92 Å². The molecule has 1 atom stereocenters. The number of benzene rings is 2. The summed E-state index contributed by atoms with van der Waals surface area (Å²) in [5, 5.41) is 12.3. The minimum absolute atomic E-state index is 0.0169. The molecule has 1 aliphatic carbocycles. The Morgan fingerprint density at radius 3 is 2.58 bits per heavy atom. The summed E-state index contributed by atoms with van der Waals surface area (Å²) in [5.41, 5.74) is 3.26. The Hall–Kier alpha value is -3.54. The van der Waals surface area contributed by atoms with Gasteiger partial charge in [-0.3, -0.25) is 9.59 Å². The third-order valence-electron chi connectivity index (χ3n) is 7.03. The van der Waals surface area contributed by atoms with Gasteiger partial charge in [-0.2, -0.15) is 0 Å². The zero-order valence-corrected chi connectivity index (χ0v) is 18.9. The highest BCUT2D eigenvalue weighted by molar-refractivity contribution is 6.46. The van der Waals surface area contributed by atoms with Crippen molar-refractivity contribution in [3.05, 3.63) is 70.9 Å². The van der Waals surface area contributed by atoms with Crippen molar-refractivity contribution in [1.29, 1.82) is 0 Å². The van der Waals surface area contributed by atoms with E-state index in [-0.39, 0.29) is 17.4 Å². The second-order valence-electron chi connectivity index (χ2n) is 8.97. The van der Waals surface area contributed by atoms with Crippen LogP contribution < -0.4 is 4.74 Å². The van der Waals surface area contributed by atoms with Crippen molar-refractivity contribution in [1.82, 2.24) is 9.88 Å². The number of rotatable bonds is 4. The van der Waals surface area contributed by atoms with E-state index in [1.54, 1.807) is 30.2 Å². The molecule has 1 saturated heterocycles. The Bertz CT molecular complexity index is 1270. The van der Waals surface area contributed by atoms with Gasteiger partial charge in [-0.05, 0) is 49.6 Å². The Morgan fingerprint density at radius 2 is 1.85 bits per heavy atom. The van der Waals surface area contributed by atoms with E-state index in [1.165, 1.54) is 0 Å². The molecule has 6 nitrogen and oxygen atoms in total. The van der Waals surface area contributed by atoms with Crippen molar-refractivity contribution < 1.29 is 19.4 Å². The molecular weight excluding hydrogens is 416 g/mol. The third-order valence-corrected chi connectivity index (χ3v) is 7.03. The zero-order valence-electron chi connectivity index (χ0n) is 18.9. The normalized spacial score (nSPS) is 21.2. The highest BCUT2D eigenvalue weighted by Gasteiger charge is 2.49. The number of aliphatic hydroxyl groups is 1. The molecule has 170 valence electrons. The van der Waals surface area contributed by atoms with E-state index in [2.05, 4.69) is 4.98 Å². The van der Waals surface area contributed by atoms with Crippen LogP contribution in [0.3, 0.4) is 0 Å². The number of nitrogens with one attached hydrogen (secondary N) is 1. The first-order valence-electron chi connectivity index (χ1n) is 11.5. The molecule has 1 saturated carbocycles. The van der Waals surface area contributed by atoms with Crippen LogP contribution in [0.5, 0.6) is 5.75 Å². The largest absolute Gasteiger partial charge is 0.507 e. The van der Waals surface area contributed by atoms with Crippen molar-refractivity contribution >= 4 is 28.4 Å². The number of aryl methyl sites for hydroxylation is 1. The predicted octanol–water partition coefficient (Wildman–Crippen LogP) is 5.24. The van der Waals surface area contributed by atoms with Gasteiger partial charge in [0.2, 0.25) is 0 Å². The van der Waals surface area contributed by atoms with Crippen LogP contribution in [-0.2, 0) is 9.59 Å². The van der Waals surface area contributed by atoms with E-state index in [0.717, 1.165) is 54.1 Å². The monoisotopic (exact) mass is 444 g/mol. The van der Waals surface area contributed by atoms with E-state index in [1.807, 2.05) is 37.4 Å². The molecule has 0 spiro atoms. The highest BCUT2D eigenvalue weighted by Crippen LogP contribution is 2.45. The van der Waals surface area contributed by atoms with Crippen LogP contribution in [0.15, 0.2) is 54.2 Å². The van der Waals surface area contributed by atoms with Crippen molar-refractivity contribution in [2.75, 3.05) is 7.11 Å². The van der Waals surface area contributed by atoms with Gasteiger partial charge in [0.05, 0.1) is 18.7 Å². The second-order valence-corrected chi connectivity index (χ2v) is 8.97. The summed E-state index contributed by atoms with van der Waals surface area (Å²) in [4.78, 5) is 31.7. The minimum atomic E-state index is -0.633. The van der Waals surface area contributed by atoms with E-state index in [0.29, 0.717) is 11.3 Å². The minimum Gasteiger partial charge on any atom is -0.507 e. The van der Waals surface area contributed by atoms with Crippen molar-refractivity contribution in [3.8, 4) is 5.75 Å². The van der Waals surface area contributed by atoms with Gasteiger partial charge in [0.25, 0.3) is 11.7 Å². The number of methoxy groups -OCH3 is 1. The number of H-pyrrole nitrogens is 1. The number of aromatic nitrogens is 1. The fourth-order valence-electron chi connectivity index (χ4n) is 5.39. The average Bonchev–Trinajstić information content (AvgIpc) is 3.37. The molecule has 33 heavy (non-hydrogen) atoms. The van der Waals surface area contributed by atoms with Crippen molar-refractivity contribution in [2.24, 2.45) is 0 Å². The molecule has 5 rings (SSSR count). The maximum Gasteiger partial charge on any atom is 0.295 e. The van der Waals surface area contributed by atoms with E-state index in [4.69, 9.17) is 4.74 Å². The molecule has 2 aliphatic rings. The summed E-state index contributed by atoms with van der Waals surface area (Å²) in [6, 6.07) is 12.5. The maximum atomic E-state index is 13.4. The molecule has 0 bridgehead atoms. The SMILES string of the molecule is COc1ccc(/C(O)=C2\C(=O)C(=O)N(C3CCCCC3)C2c2c[nH]c3ccccc23)cc1C. The maximum absolute atomic E-state index is 13.4. The van der Waals surface area contributed by atoms with Crippen LogP contribution in [0.1, 0.15) is 54.8 Å². The standard InChI is InChI=1S/C27H28N2O4/c1-16-14-17(12-13-22(16)33-2)25(30)23-24(20-15-28-21-11-7-6-10-19(20)21)29(27(32)26(23)31)18-8-4-3-5-9-18/h6-7,10-15,18,24,28,30H,3-5,8-9H2,1-2H3/b25-23+. The molecule has 1 aliphatic heterocycles. The summed E-state index contributed by atoms with van der Waals surface area (Å²) in [6.45, 7) is 1.88. The molecule has 2 heterocycles. The Kier molecular flexibility index (Phi) is 5.44. The van der Waals surface area contributed by atoms with Crippen LogP contribution in [0.2, 0.25) is 0 Å². The molecule has 2 aromatic carbocycles. The lowest BCUT2D eigenvalue weighted by Gasteiger charge is -2.35. The molecule has 1 unspecified atom stereocenters. The molecule has 1 aromatic heterocycles. The van der Waals surface area contributed by atoms with Gasteiger partial charge in [-0.15, -0.1) is 0 Å². The number of carbonyl (C=O) groups excluding carboxylic acids is 2. The molecule has 0 radical (unpaired) electrons. The van der Waals surface area contributed by atoms with Crippen LogP contribution in [-0.4, -0.2) is 39.8 Å². The molecule has 6 heteroatoms. The molecular formula is C27H28N2O4. The van der Waals surface area contributed by atoms with Crippen molar-refractivity contribution in [3.63, 3.8) is 0 Å². The number of nitrogens with zero attached hydrogens (tertiary/aromatic N) is 1. The van der Waals surface area contributed by atoms with Crippen LogP contribution >= 0.6 is 0 Å². The first-order valence-corrected chi connectivity index (χ1v) is 11.5. The quantitative estimate of drug-likeness (QED) is 0.328. The number of aromatic amines is 1. The smallest absolute Gasteiger partial charge is 0.295 e. The van der Waals surface area contributed by atoms with Gasteiger partial charge < -0.3 is 19.7 Å². The number of amides is 1. The van der Waals surface area contributed by atoms with E-state index < -0.39 is 17.7 Å². The third kappa shape index (κ3) is 3.50. The Morgan fingerprint density at radius 1 is 1.09 bits per heavy atom. The first-order chi connectivity index (χ1) is 16.0. The van der Waals surface area contributed by atoms with E-state index >= 15 is 0 Å². The van der Waals surface area contributed by atoms with Gasteiger partial charge in [-0.25, -0.2) is 0 Å². The number of para-hydroxylation sites is 1. The number of likely N-dealkylation sites (tertiary alicyclic amines) is 1. The molecule has 2 N–H and O–H groups in total. The topological polar surface area (TPSA) is 82.6 Å².